The van der Waals surface area contributed by atoms with Gasteiger partial charge in [-0.3, -0.25) is 9.59 Å². The van der Waals surface area contributed by atoms with Gasteiger partial charge in [0.25, 0.3) is 5.91 Å². The second kappa shape index (κ2) is 6.12. The molecule has 4 nitrogen and oxygen atoms in total. The summed E-state index contributed by atoms with van der Waals surface area (Å²) in [5, 5.41) is 5.87. The Bertz CT molecular complexity index is 559. The minimum Gasteiger partial charge on any atom is -0.349 e. The third kappa shape index (κ3) is 3.72. The molecule has 2 amide bonds. The van der Waals surface area contributed by atoms with Crippen LogP contribution in [0.1, 0.15) is 42.5 Å². The molecule has 0 radical (unpaired) electrons. The van der Waals surface area contributed by atoms with Gasteiger partial charge in [-0.25, -0.2) is 0 Å². The third-order valence-corrected chi connectivity index (χ3v) is 3.97. The molecule has 0 spiro atoms. The Morgan fingerprint density at radius 1 is 1.00 bits per heavy atom. The summed E-state index contributed by atoms with van der Waals surface area (Å²) in [6, 6.07) is 7.45. The molecule has 21 heavy (non-hydrogen) atoms. The zero-order valence-electron chi connectivity index (χ0n) is 12.0. The van der Waals surface area contributed by atoms with E-state index in [2.05, 4.69) is 22.8 Å². The minimum absolute atomic E-state index is 0.0344. The van der Waals surface area contributed by atoms with Crippen molar-refractivity contribution in [2.45, 2.75) is 38.1 Å². The van der Waals surface area contributed by atoms with Crippen molar-refractivity contribution in [3.05, 3.63) is 42.0 Å². The normalized spacial score (nSPS) is 20.9. The van der Waals surface area contributed by atoms with Crippen LogP contribution in [0.3, 0.4) is 0 Å². The van der Waals surface area contributed by atoms with Crippen molar-refractivity contribution in [2.75, 3.05) is 5.32 Å². The van der Waals surface area contributed by atoms with Gasteiger partial charge in [-0.15, -0.1) is 0 Å². The Labute approximate surface area is 124 Å². The first-order valence-corrected chi connectivity index (χ1v) is 7.59. The van der Waals surface area contributed by atoms with Crippen LogP contribution in [0.15, 0.2) is 36.4 Å². The highest BCUT2D eigenvalue weighted by Gasteiger charge is 2.23. The van der Waals surface area contributed by atoms with Crippen LogP contribution in [0.5, 0.6) is 0 Å². The second-order valence-electron chi connectivity index (χ2n) is 5.80. The number of hydrogen-bond donors (Lipinski definition) is 2. The highest BCUT2D eigenvalue weighted by molar-refractivity contribution is 5.96. The van der Waals surface area contributed by atoms with Gasteiger partial charge < -0.3 is 10.6 Å². The lowest BCUT2D eigenvalue weighted by Crippen LogP contribution is -2.25. The lowest BCUT2D eigenvalue weighted by Gasteiger charge is -2.17. The fourth-order valence-corrected chi connectivity index (χ4v) is 2.48. The molecule has 1 saturated carbocycles. The van der Waals surface area contributed by atoms with E-state index in [0.717, 1.165) is 37.8 Å². The molecule has 0 aromatic heterocycles. The monoisotopic (exact) mass is 284 g/mol. The standard InChI is InChI=1S/C17H20N2O2/c20-16(12-4-2-1-3-5-12)18-14-8-6-13(7-9-14)17(21)19-15-10-11-15/h1-2,6-9,12,15H,3-5,10-11H2,(H,18,20)(H,19,21)/t12-/m1/s1. The highest BCUT2D eigenvalue weighted by atomic mass is 16.2. The van der Waals surface area contributed by atoms with E-state index >= 15 is 0 Å². The van der Waals surface area contributed by atoms with Crippen LogP contribution in [-0.2, 0) is 4.79 Å². The maximum absolute atomic E-state index is 12.1. The number of rotatable bonds is 4. The number of hydrogen-bond acceptors (Lipinski definition) is 2. The minimum atomic E-state index is -0.0344. The van der Waals surface area contributed by atoms with Gasteiger partial charge in [-0.05, 0) is 56.4 Å². The van der Waals surface area contributed by atoms with Gasteiger partial charge in [0, 0.05) is 23.2 Å². The zero-order valence-corrected chi connectivity index (χ0v) is 12.0. The van der Waals surface area contributed by atoms with Crippen molar-refractivity contribution in [2.24, 2.45) is 5.92 Å². The lowest BCUT2D eigenvalue weighted by molar-refractivity contribution is -0.120. The van der Waals surface area contributed by atoms with E-state index in [1.165, 1.54) is 0 Å². The molecular formula is C17H20N2O2. The maximum atomic E-state index is 12.1. The Kier molecular flexibility index (Phi) is 4.04. The van der Waals surface area contributed by atoms with Gasteiger partial charge in [0.05, 0.1) is 0 Å². The van der Waals surface area contributed by atoms with Crippen molar-refractivity contribution in [1.29, 1.82) is 0 Å². The number of anilines is 1. The predicted molar refractivity (Wildman–Crippen MR) is 82.0 cm³/mol. The summed E-state index contributed by atoms with van der Waals surface area (Å²) in [4.78, 5) is 24.0. The summed E-state index contributed by atoms with van der Waals surface area (Å²) in [6.07, 6.45) is 9.04. The topological polar surface area (TPSA) is 58.2 Å². The van der Waals surface area contributed by atoms with Crippen molar-refractivity contribution < 1.29 is 9.59 Å². The van der Waals surface area contributed by atoms with Gasteiger partial charge in [-0.2, -0.15) is 0 Å². The van der Waals surface area contributed by atoms with Gasteiger partial charge in [0.1, 0.15) is 0 Å². The molecule has 1 aromatic carbocycles. The lowest BCUT2D eigenvalue weighted by atomic mass is 9.93. The van der Waals surface area contributed by atoms with E-state index in [9.17, 15) is 9.59 Å². The van der Waals surface area contributed by atoms with Crippen LogP contribution in [0.25, 0.3) is 0 Å². The molecule has 2 aliphatic rings. The second-order valence-corrected chi connectivity index (χ2v) is 5.80. The molecule has 0 heterocycles. The van der Waals surface area contributed by atoms with Gasteiger partial charge in [0.15, 0.2) is 0 Å². The number of allylic oxidation sites excluding steroid dienone is 2. The molecule has 0 unspecified atom stereocenters. The van der Waals surface area contributed by atoms with Crippen molar-refractivity contribution >= 4 is 17.5 Å². The molecule has 1 aromatic rings. The fraction of sp³-hybridized carbons (Fsp3) is 0.412. The van der Waals surface area contributed by atoms with Gasteiger partial charge in [0.2, 0.25) is 5.91 Å². The molecule has 1 fully saturated rings. The van der Waals surface area contributed by atoms with Crippen LogP contribution >= 0.6 is 0 Å². The molecule has 2 aliphatic carbocycles. The van der Waals surface area contributed by atoms with Crippen LogP contribution < -0.4 is 10.6 Å². The van der Waals surface area contributed by atoms with Gasteiger partial charge in [-0.1, -0.05) is 12.2 Å². The average Bonchev–Trinajstić information content (AvgIpc) is 3.33. The molecule has 0 aliphatic heterocycles. The van der Waals surface area contributed by atoms with Crippen LogP contribution in [0, 0.1) is 5.92 Å². The average molecular weight is 284 g/mol. The molecule has 1 atom stereocenters. The van der Waals surface area contributed by atoms with Crippen LogP contribution in [-0.4, -0.2) is 17.9 Å². The van der Waals surface area contributed by atoms with E-state index < -0.39 is 0 Å². The predicted octanol–water partition coefficient (Wildman–Crippen LogP) is 2.87. The largest absolute Gasteiger partial charge is 0.349 e. The molecule has 4 heteroatoms. The fourth-order valence-electron chi connectivity index (χ4n) is 2.48. The number of benzene rings is 1. The Hall–Kier alpha value is -2.10. The van der Waals surface area contributed by atoms with Gasteiger partial charge >= 0.3 is 0 Å². The number of amides is 2. The summed E-state index contributed by atoms with van der Waals surface area (Å²) < 4.78 is 0. The highest BCUT2D eigenvalue weighted by Crippen LogP contribution is 2.21. The van der Waals surface area contributed by atoms with E-state index in [4.69, 9.17) is 0 Å². The molecule has 3 rings (SSSR count). The van der Waals surface area contributed by atoms with Crippen molar-refractivity contribution in [1.82, 2.24) is 5.32 Å². The zero-order chi connectivity index (χ0) is 14.7. The first-order chi connectivity index (χ1) is 10.2. The van der Waals surface area contributed by atoms with E-state index in [0.29, 0.717) is 11.6 Å². The first kappa shape index (κ1) is 13.9. The summed E-state index contributed by atoms with van der Waals surface area (Å²) in [5.41, 5.74) is 1.39. The molecule has 0 saturated heterocycles. The Morgan fingerprint density at radius 3 is 2.38 bits per heavy atom. The Balaban J connectivity index is 1.57. The van der Waals surface area contributed by atoms with Crippen molar-refractivity contribution in [3.63, 3.8) is 0 Å². The molecular weight excluding hydrogens is 264 g/mol. The molecule has 2 N–H and O–H groups in total. The molecule has 0 bridgehead atoms. The van der Waals surface area contributed by atoms with Crippen molar-refractivity contribution in [3.8, 4) is 0 Å². The summed E-state index contributed by atoms with van der Waals surface area (Å²) in [5.74, 6) is 0.0927. The first-order valence-electron chi connectivity index (χ1n) is 7.59. The van der Waals surface area contributed by atoms with Crippen LogP contribution in [0.2, 0.25) is 0 Å². The quantitative estimate of drug-likeness (QED) is 0.835. The molecule has 110 valence electrons. The Morgan fingerprint density at radius 2 is 1.76 bits per heavy atom. The van der Waals surface area contributed by atoms with E-state index in [1.54, 1.807) is 24.3 Å². The number of carbonyl (C=O) groups excluding carboxylic acids is 2. The summed E-state index contributed by atoms with van der Waals surface area (Å²) in [6.45, 7) is 0. The van der Waals surface area contributed by atoms with E-state index in [-0.39, 0.29) is 17.7 Å². The SMILES string of the molecule is O=C(NC1CC1)c1ccc(NC(=O)[C@@H]2CC=CCC2)cc1. The summed E-state index contributed by atoms with van der Waals surface area (Å²) in [7, 11) is 0. The smallest absolute Gasteiger partial charge is 0.251 e. The number of nitrogens with one attached hydrogen (secondary N) is 2. The van der Waals surface area contributed by atoms with E-state index in [1.807, 2.05) is 0 Å². The third-order valence-electron chi connectivity index (χ3n) is 3.97. The van der Waals surface area contributed by atoms with Crippen LogP contribution in [0.4, 0.5) is 5.69 Å². The maximum Gasteiger partial charge on any atom is 0.251 e. The summed E-state index contributed by atoms with van der Waals surface area (Å²) >= 11 is 0. The number of carbonyl (C=O) groups is 2.